The Labute approximate surface area is 142 Å². The number of halogens is 1. The molecule has 0 saturated heterocycles. The van der Waals surface area contributed by atoms with Gasteiger partial charge in [-0.2, -0.15) is 0 Å². The Morgan fingerprint density at radius 2 is 1.74 bits per heavy atom. The third kappa shape index (κ3) is 4.11. The third-order valence-electron chi connectivity index (χ3n) is 3.67. The summed E-state index contributed by atoms with van der Waals surface area (Å²) >= 11 is 0. The summed E-state index contributed by atoms with van der Waals surface area (Å²) in [6, 6.07) is 16.6. The number of rotatable bonds is 5. The van der Waals surface area contributed by atoms with Gasteiger partial charge < -0.3 is 10.6 Å². The third-order valence-corrected chi connectivity index (χ3v) is 3.67. The van der Waals surface area contributed by atoms with Crippen LogP contribution in [0.15, 0.2) is 54.9 Å². The Morgan fingerprint density at radius 1 is 1.00 bits per heavy atom. The first kappa shape index (κ1) is 17.0. The average molecular weight is 329 g/mol. The molecule has 4 nitrogen and oxygen atoms in total. The van der Waals surface area contributed by atoms with E-state index >= 15 is 0 Å². The van der Waals surface area contributed by atoms with Crippen molar-refractivity contribution < 1.29 is 0 Å². The summed E-state index contributed by atoms with van der Waals surface area (Å²) in [4.78, 5) is 8.64. The molecule has 1 atom stereocenters. The lowest BCUT2D eigenvalue weighted by atomic mass is 10.2. The van der Waals surface area contributed by atoms with Gasteiger partial charge in [0.15, 0.2) is 0 Å². The largest absolute Gasteiger partial charge is 0.381 e. The summed E-state index contributed by atoms with van der Waals surface area (Å²) in [6.45, 7) is 5.05. The van der Waals surface area contributed by atoms with Crippen molar-refractivity contribution >= 4 is 34.8 Å². The second-order valence-electron chi connectivity index (χ2n) is 5.48. The number of fused-ring (bicyclic) bond motifs is 1. The van der Waals surface area contributed by atoms with Crippen molar-refractivity contribution in [3.05, 3.63) is 60.4 Å². The van der Waals surface area contributed by atoms with E-state index in [1.54, 1.807) is 6.33 Å². The molecule has 1 aromatic heterocycles. The fraction of sp³-hybridized carbons (Fsp3) is 0.222. The first-order chi connectivity index (χ1) is 10.7. The molecule has 0 bridgehead atoms. The number of hydrogen-bond acceptors (Lipinski definition) is 4. The van der Waals surface area contributed by atoms with Crippen molar-refractivity contribution in [1.82, 2.24) is 9.97 Å². The molecule has 2 aromatic carbocycles. The molecule has 1 heterocycles. The average Bonchev–Trinajstić information content (AvgIpc) is 2.55. The van der Waals surface area contributed by atoms with Gasteiger partial charge >= 0.3 is 0 Å². The minimum Gasteiger partial charge on any atom is -0.381 e. The fourth-order valence-corrected chi connectivity index (χ4v) is 2.45. The molecule has 3 rings (SSSR count). The monoisotopic (exact) mass is 328 g/mol. The zero-order valence-electron chi connectivity index (χ0n) is 13.3. The lowest BCUT2D eigenvalue weighted by Gasteiger charge is -2.18. The lowest BCUT2D eigenvalue weighted by molar-refractivity contribution is 0.831. The van der Waals surface area contributed by atoms with Gasteiger partial charge in [0.05, 0.1) is 5.52 Å². The number of nitrogens with one attached hydrogen (secondary N) is 2. The van der Waals surface area contributed by atoms with E-state index in [-0.39, 0.29) is 18.4 Å². The molecular weight excluding hydrogens is 308 g/mol. The summed E-state index contributed by atoms with van der Waals surface area (Å²) in [5.41, 5.74) is 3.38. The Bertz CT molecular complexity index is 770. The Balaban J connectivity index is 0.00000192. The number of nitrogens with zero attached hydrogens (tertiary/aromatic N) is 2. The van der Waals surface area contributed by atoms with E-state index < -0.39 is 0 Å². The zero-order valence-corrected chi connectivity index (χ0v) is 14.1. The van der Waals surface area contributed by atoms with Crippen LogP contribution in [-0.2, 0) is 0 Å². The van der Waals surface area contributed by atoms with Crippen LogP contribution in [0.2, 0.25) is 0 Å². The van der Waals surface area contributed by atoms with Gasteiger partial charge in [0, 0.05) is 23.7 Å². The molecule has 1 unspecified atom stereocenters. The van der Waals surface area contributed by atoms with Crippen molar-refractivity contribution in [2.24, 2.45) is 0 Å². The van der Waals surface area contributed by atoms with E-state index in [0.29, 0.717) is 0 Å². The number of benzene rings is 2. The maximum atomic E-state index is 4.35. The molecule has 120 valence electrons. The van der Waals surface area contributed by atoms with Crippen LogP contribution in [0.4, 0.5) is 11.5 Å². The van der Waals surface area contributed by atoms with E-state index in [1.807, 2.05) is 30.3 Å². The fourth-order valence-electron chi connectivity index (χ4n) is 2.45. The number of aryl methyl sites for hydroxylation is 1. The molecular formula is C18H21ClN4. The van der Waals surface area contributed by atoms with Gasteiger partial charge in [-0.1, -0.05) is 30.3 Å². The maximum Gasteiger partial charge on any atom is 0.137 e. The highest BCUT2D eigenvalue weighted by molar-refractivity contribution is 5.88. The standard InChI is InChI=1S/C18H20N4.ClH/c1-13-7-3-5-9-16(13)22-14(2)11-19-18-15-8-4-6-10-17(15)20-12-21-18;/h3-10,12,14,22H,11H2,1-2H3,(H,19,20,21);1H. The molecule has 0 saturated carbocycles. The quantitative estimate of drug-likeness (QED) is 0.734. The Hall–Kier alpha value is -2.33. The number of anilines is 2. The molecule has 0 amide bonds. The van der Waals surface area contributed by atoms with Gasteiger partial charge in [-0.15, -0.1) is 12.4 Å². The van der Waals surface area contributed by atoms with E-state index in [4.69, 9.17) is 0 Å². The summed E-state index contributed by atoms with van der Waals surface area (Å²) in [5.74, 6) is 0.879. The first-order valence-electron chi connectivity index (χ1n) is 7.50. The molecule has 0 aliphatic rings. The van der Waals surface area contributed by atoms with Crippen LogP contribution in [0.25, 0.3) is 10.9 Å². The molecule has 0 aliphatic heterocycles. The lowest BCUT2D eigenvalue weighted by Crippen LogP contribution is -2.25. The van der Waals surface area contributed by atoms with E-state index in [2.05, 4.69) is 52.6 Å². The molecule has 3 aromatic rings. The highest BCUT2D eigenvalue weighted by atomic mass is 35.5. The molecule has 0 radical (unpaired) electrons. The molecule has 0 aliphatic carbocycles. The zero-order chi connectivity index (χ0) is 15.4. The molecule has 0 fully saturated rings. The van der Waals surface area contributed by atoms with E-state index in [0.717, 1.165) is 23.3 Å². The van der Waals surface area contributed by atoms with Crippen LogP contribution >= 0.6 is 12.4 Å². The topological polar surface area (TPSA) is 49.8 Å². The summed E-state index contributed by atoms with van der Waals surface area (Å²) in [5, 5.41) is 7.99. The first-order valence-corrected chi connectivity index (χ1v) is 7.50. The highest BCUT2D eigenvalue weighted by Gasteiger charge is 2.06. The van der Waals surface area contributed by atoms with Crippen LogP contribution in [0.5, 0.6) is 0 Å². The predicted octanol–water partition coefficient (Wildman–Crippen LogP) is 4.27. The summed E-state index contributed by atoms with van der Waals surface area (Å²) < 4.78 is 0. The number of para-hydroxylation sites is 2. The molecule has 2 N–H and O–H groups in total. The number of hydrogen-bond donors (Lipinski definition) is 2. The molecule has 5 heteroatoms. The van der Waals surface area contributed by atoms with Gasteiger partial charge in [0.25, 0.3) is 0 Å². The minimum absolute atomic E-state index is 0. The van der Waals surface area contributed by atoms with Gasteiger partial charge in [0.1, 0.15) is 12.1 Å². The van der Waals surface area contributed by atoms with Gasteiger partial charge in [0.2, 0.25) is 0 Å². The minimum atomic E-state index is 0. The second kappa shape index (κ2) is 7.79. The van der Waals surface area contributed by atoms with Gasteiger partial charge in [-0.3, -0.25) is 0 Å². The van der Waals surface area contributed by atoms with Crippen molar-refractivity contribution in [3.8, 4) is 0 Å². The summed E-state index contributed by atoms with van der Waals surface area (Å²) in [6.07, 6.45) is 1.60. The summed E-state index contributed by atoms with van der Waals surface area (Å²) in [7, 11) is 0. The van der Waals surface area contributed by atoms with Crippen molar-refractivity contribution in [3.63, 3.8) is 0 Å². The maximum absolute atomic E-state index is 4.35. The Morgan fingerprint density at radius 3 is 2.57 bits per heavy atom. The predicted molar refractivity (Wildman–Crippen MR) is 99.5 cm³/mol. The SMILES string of the molecule is Cc1ccccc1NC(C)CNc1ncnc2ccccc12.Cl. The van der Waals surface area contributed by atoms with Gasteiger partial charge in [-0.05, 0) is 37.6 Å². The van der Waals surface area contributed by atoms with Gasteiger partial charge in [-0.25, -0.2) is 9.97 Å². The van der Waals surface area contributed by atoms with Crippen LogP contribution in [0.3, 0.4) is 0 Å². The smallest absolute Gasteiger partial charge is 0.137 e. The highest BCUT2D eigenvalue weighted by Crippen LogP contribution is 2.19. The molecule has 0 spiro atoms. The van der Waals surface area contributed by atoms with E-state index in [9.17, 15) is 0 Å². The van der Waals surface area contributed by atoms with Crippen molar-refractivity contribution in [2.75, 3.05) is 17.2 Å². The molecule has 23 heavy (non-hydrogen) atoms. The van der Waals surface area contributed by atoms with Crippen molar-refractivity contribution in [1.29, 1.82) is 0 Å². The second-order valence-corrected chi connectivity index (χ2v) is 5.48. The number of aromatic nitrogens is 2. The van der Waals surface area contributed by atoms with Crippen LogP contribution < -0.4 is 10.6 Å². The van der Waals surface area contributed by atoms with Crippen LogP contribution in [0, 0.1) is 6.92 Å². The van der Waals surface area contributed by atoms with Crippen LogP contribution in [-0.4, -0.2) is 22.6 Å². The Kier molecular flexibility index (Phi) is 5.77. The van der Waals surface area contributed by atoms with Crippen molar-refractivity contribution in [2.45, 2.75) is 19.9 Å². The normalized spacial score (nSPS) is 11.6. The van der Waals surface area contributed by atoms with E-state index in [1.165, 1.54) is 11.3 Å². The van der Waals surface area contributed by atoms with Crippen LogP contribution in [0.1, 0.15) is 12.5 Å².